The standard InChI is InChI=1S/C16H19N3O2S/c20-15(19-8-10-21-11-9-19)6-7-17-16-18-12-14(22-16)13-4-2-1-3-5-13/h1-5,12H,6-11H2,(H,17,18). The summed E-state index contributed by atoms with van der Waals surface area (Å²) < 4.78 is 5.25. The summed E-state index contributed by atoms with van der Waals surface area (Å²) in [5.41, 5.74) is 1.16. The summed E-state index contributed by atoms with van der Waals surface area (Å²) in [6, 6.07) is 10.2. The largest absolute Gasteiger partial charge is 0.378 e. The van der Waals surface area contributed by atoms with E-state index in [-0.39, 0.29) is 5.91 Å². The minimum atomic E-state index is 0.177. The Balaban J connectivity index is 1.48. The Labute approximate surface area is 133 Å². The van der Waals surface area contributed by atoms with Crippen LogP contribution >= 0.6 is 11.3 Å². The Hall–Kier alpha value is -1.92. The van der Waals surface area contributed by atoms with E-state index in [0.29, 0.717) is 39.3 Å². The number of hydrogen-bond donors (Lipinski definition) is 1. The number of nitrogens with zero attached hydrogens (tertiary/aromatic N) is 2. The van der Waals surface area contributed by atoms with Crippen LogP contribution in [-0.2, 0) is 9.53 Å². The lowest BCUT2D eigenvalue weighted by Gasteiger charge is -2.26. The zero-order chi connectivity index (χ0) is 15.2. The molecule has 0 radical (unpaired) electrons. The van der Waals surface area contributed by atoms with Gasteiger partial charge in [0.15, 0.2) is 5.13 Å². The summed E-state index contributed by atoms with van der Waals surface area (Å²) in [6.07, 6.45) is 2.35. The van der Waals surface area contributed by atoms with Crippen molar-refractivity contribution in [3.8, 4) is 10.4 Å². The molecule has 2 aromatic rings. The topological polar surface area (TPSA) is 54.5 Å². The summed E-state index contributed by atoms with van der Waals surface area (Å²) in [4.78, 5) is 19.4. The van der Waals surface area contributed by atoms with Crippen LogP contribution in [0.5, 0.6) is 0 Å². The molecular formula is C16H19N3O2S. The maximum Gasteiger partial charge on any atom is 0.224 e. The van der Waals surface area contributed by atoms with Gasteiger partial charge >= 0.3 is 0 Å². The molecule has 3 rings (SSSR count). The van der Waals surface area contributed by atoms with Crippen LogP contribution in [0.15, 0.2) is 36.5 Å². The number of rotatable bonds is 5. The molecule has 22 heavy (non-hydrogen) atoms. The number of morpholine rings is 1. The number of amides is 1. The zero-order valence-corrected chi connectivity index (χ0v) is 13.1. The number of thiazole rings is 1. The third-order valence-electron chi connectivity index (χ3n) is 3.54. The highest BCUT2D eigenvalue weighted by atomic mass is 32.1. The molecule has 1 fully saturated rings. The molecular weight excluding hydrogens is 298 g/mol. The molecule has 116 valence electrons. The first-order chi connectivity index (χ1) is 10.8. The summed E-state index contributed by atoms with van der Waals surface area (Å²) in [6.45, 7) is 3.30. The van der Waals surface area contributed by atoms with E-state index in [9.17, 15) is 4.79 Å². The number of aromatic nitrogens is 1. The molecule has 1 aliphatic heterocycles. The molecule has 0 unspecified atom stereocenters. The number of anilines is 1. The quantitative estimate of drug-likeness (QED) is 0.920. The van der Waals surface area contributed by atoms with E-state index < -0.39 is 0 Å². The first kappa shape index (κ1) is 15.0. The smallest absolute Gasteiger partial charge is 0.224 e. The predicted octanol–water partition coefficient (Wildman–Crippen LogP) is 2.47. The van der Waals surface area contributed by atoms with Crippen LogP contribution < -0.4 is 5.32 Å². The van der Waals surface area contributed by atoms with Gasteiger partial charge in [0.2, 0.25) is 5.91 Å². The highest BCUT2D eigenvalue weighted by Crippen LogP contribution is 2.28. The van der Waals surface area contributed by atoms with Gasteiger partial charge in [-0.3, -0.25) is 4.79 Å². The molecule has 0 spiro atoms. The monoisotopic (exact) mass is 317 g/mol. The molecule has 0 aliphatic carbocycles. The Morgan fingerprint density at radius 1 is 1.27 bits per heavy atom. The van der Waals surface area contributed by atoms with Crippen molar-refractivity contribution in [1.82, 2.24) is 9.88 Å². The van der Waals surface area contributed by atoms with Crippen molar-refractivity contribution in [1.29, 1.82) is 0 Å². The van der Waals surface area contributed by atoms with E-state index in [4.69, 9.17) is 4.74 Å². The van der Waals surface area contributed by atoms with E-state index in [0.717, 1.165) is 15.6 Å². The lowest BCUT2D eigenvalue weighted by molar-refractivity contribution is -0.134. The van der Waals surface area contributed by atoms with E-state index in [1.54, 1.807) is 11.3 Å². The normalized spacial score (nSPS) is 14.8. The minimum Gasteiger partial charge on any atom is -0.378 e. The average Bonchev–Trinajstić information content (AvgIpc) is 3.05. The maximum atomic E-state index is 12.0. The molecule has 0 saturated carbocycles. The Kier molecular flexibility index (Phi) is 5.03. The van der Waals surface area contributed by atoms with Crippen LogP contribution in [0.3, 0.4) is 0 Å². The van der Waals surface area contributed by atoms with Crippen molar-refractivity contribution in [2.45, 2.75) is 6.42 Å². The summed E-state index contributed by atoms with van der Waals surface area (Å²) >= 11 is 1.61. The van der Waals surface area contributed by atoms with Gasteiger partial charge in [-0.2, -0.15) is 0 Å². The molecule has 1 aromatic carbocycles. The van der Waals surface area contributed by atoms with E-state index in [1.165, 1.54) is 0 Å². The van der Waals surface area contributed by atoms with Crippen LogP contribution in [0.25, 0.3) is 10.4 Å². The van der Waals surface area contributed by atoms with Crippen LogP contribution in [0.1, 0.15) is 6.42 Å². The lowest BCUT2D eigenvalue weighted by atomic mass is 10.2. The van der Waals surface area contributed by atoms with Crippen molar-refractivity contribution in [3.05, 3.63) is 36.5 Å². The highest BCUT2D eigenvalue weighted by Gasteiger charge is 2.16. The SMILES string of the molecule is O=C(CCNc1ncc(-c2ccccc2)s1)N1CCOCC1. The number of nitrogens with one attached hydrogen (secondary N) is 1. The molecule has 0 bridgehead atoms. The third-order valence-corrected chi connectivity index (χ3v) is 4.55. The molecule has 1 N–H and O–H groups in total. The van der Waals surface area contributed by atoms with Gasteiger partial charge in [-0.25, -0.2) is 4.98 Å². The molecule has 1 aromatic heterocycles. The molecule has 5 nitrogen and oxygen atoms in total. The highest BCUT2D eigenvalue weighted by molar-refractivity contribution is 7.18. The number of ether oxygens (including phenoxy) is 1. The van der Waals surface area contributed by atoms with Gasteiger partial charge in [0.05, 0.1) is 18.1 Å². The van der Waals surface area contributed by atoms with Gasteiger partial charge in [-0.15, -0.1) is 0 Å². The van der Waals surface area contributed by atoms with E-state index in [1.807, 2.05) is 29.3 Å². The number of carbonyl (C=O) groups is 1. The average molecular weight is 317 g/mol. The third kappa shape index (κ3) is 3.84. The fourth-order valence-electron chi connectivity index (χ4n) is 2.34. The van der Waals surface area contributed by atoms with Crippen molar-refractivity contribution >= 4 is 22.4 Å². The fourth-order valence-corrected chi connectivity index (χ4v) is 3.19. The second-order valence-corrected chi connectivity index (χ2v) is 6.10. The second kappa shape index (κ2) is 7.38. The summed E-state index contributed by atoms with van der Waals surface area (Å²) in [7, 11) is 0. The zero-order valence-electron chi connectivity index (χ0n) is 12.3. The first-order valence-electron chi connectivity index (χ1n) is 7.43. The van der Waals surface area contributed by atoms with Gasteiger partial charge in [0.25, 0.3) is 0 Å². The summed E-state index contributed by atoms with van der Waals surface area (Å²) in [5, 5.41) is 4.09. The van der Waals surface area contributed by atoms with Crippen LogP contribution in [-0.4, -0.2) is 48.6 Å². The Morgan fingerprint density at radius 3 is 2.82 bits per heavy atom. The number of hydrogen-bond acceptors (Lipinski definition) is 5. The molecule has 1 amide bonds. The van der Waals surface area contributed by atoms with Gasteiger partial charge in [0.1, 0.15) is 0 Å². The number of carbonyl (C=O) groups excluding carboxylic acids is 1. The van der Waals surface area contributed by atoms with Crippen LogP contribution in [0, 0.1) is 0 Å². The minimum absolute atomic E-state index is 0.177. The first-order valence-corrected chi connectivity index (χ1v) is 8.25. The maximum absolute atomic E-state index is 12.0. The number of benzene rings is 1. The van der Waals surface area contributed by atoms with Gasteiger partial charge in [-0.05, 0) is 5.56 Å². The van der Waals surface area contributed by atoms with Crippen molar-refractivity contribution < 1.29 is 9.53 Å². The summed E-state index contributed by atoms with van der Waals surface area (Å²) in [5.74, 6) is 0.177. The van der Waals surface area contributed by atoms with E-state index >= 15 is 0 Å². The van der Waals surface area contributed by atoms with Crippen LogP contribution in [0.2, 0.25) is 0 Å². The van der Waals surface area contributed by atoms with Crippen molar-refractivity contribution in [2.24, 2.45) is 0 Å². The second-order valence-electron chi connectivity index (χ2n) is 5.07. The Bertz CT molecular complexity index is 609. The van der Waals surface area contributed by atoms with Gasteiger partial charge in [0, 0.05) is 32.3 Å². The van der Waals surface area contributed by atoms with Gasteiger partial charge in [-0.1, -0.05) is 41.7 Å². The predicted molar refractivity (Wildman–Crippen MR) is 88.1 cm³/mol. The van der Waals surface area contributed by atoms with E-state index in [2.05, 4.69) is 22.4 Å². The molecule has 2 heterocycles. The molecule has 1 saturated heterocycles. The molecule has 6 heteroatoms. The Morgan fingerprint density at radius 2 is 2.05 bits per heavy atom. The lowest BCUT2D eigenvalue weighted by Crippen LogP contribution is -2.41. The van der Waals surface area contributed by atoms with Crippen LogP contribution in [0.4, 0.5) is 5.13 Å². The fraction of sp³-hybridized carbons (Fsp3) is 0.375. The molecule has 0 atom stereocenters. The van der Waals surface area contributed by atoms with Crippen molar-refractivity contribution in [2.75, 3.05) is 38.2 Å². The molecule has 1 aliphatic rings. The van der Waals surface area contributed by atoms with Crippen molar-refractivity contribution in [3.63, 3.8) is 0 Å². The van der Waals surface area contributed by atoms with Gasteiger partial charge < -0.3 is 15.0 Å².